The summed E-state index contributed by atoms with van der Waals surface area (Å²) < 4.78 is 52.6. The third kappa shape index (κ3) is 2.72. The van der Waals surface area contributed by atoms with Crippen LogP contribution in [-0.4, -0.2) is 38.2 Å². The van der Waals surface area contributed by atoms with Gasteiger partial charge in [-0.15, -0.1) is 0 Å². The number of nitrogens with two attached hydrogens (primary N) is 1. The quantitative estimate of drug-likeness (QED) is 0.581. The molecule has 0 aliphatic carbocycles. The van der Waals surface area contributed by atoms with E-state index in [0.29, 0.717) is 12.1 Å². The molecule has 2 amide bonds. The van der Waals surface area contributed by atoms with Gasteiger partial charge >= 0.3 is 0 Å². The first-order chi connectivity index (χ1) is 9.63. The van der Waals surface area contributed by atoms with Gasteiger partial charge in [0.1, 0.15) is 22.6 Å². The second-order valence-corrected chi connectivity index (χ2v) is 6.16. The Balaban J connectivity index is 2.34. The van der Waals surface area contributed by atoms with Gasteiger partial charge in [0.15, 0.2) is 0 Å². The Hall–Kier alpha value is -2.07. The number of halogens is 2. The van der Waals surface area contributed by atoms with Crippen molar-refractivity contribution in [2.45, 2.75) is 17.4 Å². The van der Waals surface area contributed by atoms with Gasteiger partial charge in [0, 0.05) is 13.1 Å². The minimum absolute atomic E-state index is 0.331. The third-order valence-electron chi connectivity index (χ3n) is 3.02. The van der Waals surface area contributed by atoms with E-state index in [1.807, 2.05) is 4.72 Å². The predicted octanol–water partition coefficient (Wildman–Crippen LogP) is -0.417. The first-order valence-corrected chi connectivity index (χ1v) is 7.19. The fourth-order valence-electron chi connectivity index (χ4n) is 1.85. The maximum atomic E-state index is 13.6. The van der Waals surface area contributed by atoms with Gasteiger partial charge in [-0.1, -0.05) is 0 Å². The van der Waals surface area contributed by atoms with Crippen molar-refractivity contribution in [3.8, 4) is 0 Å². The summed E-state index contributed by atoms with van der Waals surface area (Å²) in [5.41, 5.74) is 4.65. The van der Waals surface area contributed by atoms with Gasteiger partial charge in [0.2, 0.25) is 21.8 Å². The molecule has 1 aromatic carbocycles. The summed E-state index contributed by atoms with van der Waals surface area (Å²) in [7, 11) is -3.26. The Morgan fingerprint density at radius 2 is 1.90 bits per heavy atom. The lowest BCUT2D eigenvalue weighted by Gasteiger charge is -2.12. The molecule has 1 unspecified atom stereocenters. The van der Waals surface area contributed by atoms with Crippen molar-refractivity contribution in [1.82, 2.24) is 9.62 Å². The molecule has 114 valence electrons. The molecule has 1 heterocycles. The summed E-state index contributed by atoms with van der Waals surface area (Å²) in [5.74, 6) is -3.76. The minimum Gasteiger partial charge on any atom is -0.396 e. The van der Waals surface area contributed by atoms with E-state index in [1.165, 1.54) is 7.05 Å². The number of benzene rings is 1. The molecule has 7 nitrogen and oxygen atoms in total. The van der Waals surface area contributed by atoms with E-state index in [0.717, 1.165) is 4.90 Å². The third-order valence-corrected chi connectivity index (χ3v) is 4.51. The van der Waals surface area contributed by atoms with Crippen LogP contribution >= 0.6 is 0 Å². The highest BCUT2D eigenvalue weighted by atomic mass is 32.2. The van der Waals surface area contributed by atoms with E-state index in [-0.39, 0.29) is 6.42 Å². The number of sulfonamides is 1. The summed E-state index contributed by atoms with van der Waals surface area (Å²) >= 11 is 0. The van der Waals surface area contributed by atoms with Crippen molar-refractivity contribution < 1.29 is 26.8 Å². The molecule has 0 saturated carbocycles. The number of carbonyl (C=O) groups excluding carboxylic acids is 2. The van der Waals surface area contributed by atoms with Crippen molar-refractivity contribution in [2.24, 2.45) is 0 Å². The Kier molecular flexibility index (Phi) is 3.68. The van der Waals surface area contributed by atoms with Gasteiger partial charge in [0.25, 0.3) is 0 Å². The summed E-state index contributed by atoms with van der Waals surface area (Å²) in [6.45, 7) is 0. The summed E-state index contributed by atoms with van der Waals surface area (Å²) in [4.78, 5) is 22.8. The molecule has 3 N–H and O–H groups in total. The number of carbonyl (C=O) groups is 2. The number of rotatable bonds is 3. The Bertz CT molecular complexity index is 735. The maximum absolute atomic E-state index is 13.6. The van der Waals surface area contributed by atoms with Crippen LogP contribution in [-0.2, 0) is 19.6 Å². The Labute approximate surface area is 118 Å². The van der Waals surface area contributed by atoms with Crippen LogP contribution in [0.25, 0.3) is 0 Å². The highest BCUT2D eigenvalue weighted by molar-refractivity contribution is 7.89. The largest absolute Gasteiger partial charge is 0.396 e. The molecule has 0 radical (unpaired) electrons. The Morgan fingerprint density at radius 1 is 1.29 bits per heavy atom. The molecule has 0 aromatic heterocycles. The molecule has 1 atom stereocenters. The summed E-state index contributed by atoms with van der Waals surface area (Å²) in [6.07, 6.45) is -0.368. The second-order valence-electron chi connectivity index (χ2n) is 4.47. The smallest absolute Gasteiger partial charge is 0.247 e. The van der Waals surface area contributed by atoms with Crippen LogP contribution in [0, 0.1) is 11.6 Å². The van der Waals surface area contributed by atoms with Crippen molar-refractivity contribution in [2.75, 3.05) is 12.8 Å². The van der Waals surface area contributed by atoms with E-state index < -0.39 is 50.1 Å². The molecule has 21 heavy (non-hydrogen) atoms. The number of likely N-dealkylation sites (tertiary alicyclic amines) is 1. The number of nitrogen functional groups attached to an aromatic ring is 1. The van der Waals surface area contributed by atoms with Crippen LogP contribution in [0.2, 0.25) is 0 Å². The molecule has 1 fully saturated rings. The zero-order chi connectivity index (χ0) is 15.9. The van der Waals surface area contributed by atoms with Gasteiger partial charge in [-0.25, -0.2) is 17.2 Å². The van der Waals surface area contributed by atoms with Gasteiger partial charge in [-0.3, -0.25) is 14.5 Å². The monoisotopic (exact) mass is 319 g/mol. The first kappa shape index (κ1) is 15.3. The van der Waals surface area contributed by atoms with Gasteiger partial charge in [0.05, 0.1) is 12.1 Å². The van der Waals surface area contributed by atoms with Crippen LogP contribution in [0.4, 0.5) is 14.5 Å². The van der Waals surface area contributed by atoms with Crippen molar-refractivity contribution in [3.63, 3.8) is 0 Å². The standard InChI is InChI=1S/C11H11F2N3O4S/c1-16-10(17)4-8(11(16)18)15-21(19,20)9-3-7(14)5(12)2-6(9)13/h2-3,8,15H,4,14H2,1H3. The summed E-state index contributed by atoms with van der Waals surface area (Å²) in [5, 5.41) is 0. The Morgan fingerprint density at radius 3 is 2.43 bits per heavy atom. The van der Waals surface area contributed by atoms with Crippen LogP contribution < -0.4 is 10.5 Å². The average molecular weight is 319 g/mol. The molecule has 1 aromatic rings. The number of imide groups is 1. The maximum Gasteiger partial charge on any atom is 0.247 e. The lowest BCUT2D eigenvalue weighted by atomic mass is 10.3. The zero-order valence-electron chi connectivity index (χ0n) is 10.8. The highest BCUT2D eigenvalue weighted by Gasteiger charge is 2.39. The molecule has 1 aliphatic heterocycles. The van der Waals surface area contributed by atoms with E-state index in [2.05, 4.69) is 0 Å². The highest BCUT2D eigenvalue weighted by Crippen LogP contribution is 2.22. The van der Waals surface area contributed by atoms with Crippen LogP contribution in [0.1, 0.15) is 6.42 Å². The topological polar surface area (TPSA) is 110 Å². The van der Waals surface area contributed by atoms with E-state index >= 15 is 0 Å². The van der Waals surface area contributed by atoms with E-state index in [4.69, 9.17) is 5.73 Å². The van der Waals surface area contributed by atoms with Gasteiger partial charge in [-0.05, 0) is 6.07 Å². The van der Waals surface area contributed by atoms with Gasteiger partial charge in [-0.2, -0.15) is 4.72 Å². The first-order valence-electron chi connectivity index (χ1n) is 5.70. The second kappa shape index (κ2) is 5.04. The fraction of sp³-hybridized carbons (Fsp3) is 0.273. The predicted molar refractivity (Wildman–Crippen MR) is 67.3 cm³/mol. The lowest BCUT2D eigenvalue weighted by molar-refractivity contribution is -0.137. The van der Waals surface area contributed by atoms with E-state index in [1.54, 1.807) is 0 Å². The molecule has 2 rings (SSSR count). The number of amides is 2. The summed E-state index contributed by atoms with van der Waals surface area (Å²) in [6, 6.07) is -0.381. The van der Waals surface area contributed by atoms with Crippen molar-refractivity contribution in [3.05, 3.63) is 23.8 Å². The number of nitrogens with one attached hydrogen (secondary N) is 1. The number of hydrogen-bond acceptors (Lipinski definition) is 5. The van der Waals surface area contributed by atoms with Crippen LogP contribution in [0.15, 0.2) is 17.0 Å². The molecule has 0 spiro atoms. The fourth-order valence-corrected chi connectivity index (χ4v) is 3.13. The van der Waals surface area contributed by atoms with E-state index in [9.17, 15) is 26.8 Å². The minimum atomic E-state index is -4.46. The van der Waals surface area contributed by atoms with Gasteiger partial charge < -0.3 is 5.73 Å². The molecule has 10 heteroatoms. The number of nitrogens with zero attached hydrogens (tertiary/aromatic N) is 1. The molecule has 1 aliphatic rings. The normalized spacial score (nSPS) is 19.4. The number of likely N-dealkylation sites (N-methyl/N-ethyl adjacent to an activating group) is 1. The lowest BCUT2D eigenvalue weighted by Crippen LogP contribution is -2.40. The zero-order valence-corrected chi connectivity index (χ0v) is 11.6. The average Bonchev–Trinajstić information content (AvgIpc) is 2.61. The molecular weight excluding hydrogens is 308 g/mol. The van der Waals surface area contributed by atoms with Crippen LogP contribution in [0.5, 0.6) is 0 Å². The molecule has 0 bridgehead atoms. The SMILES string of the molecule is CN1C(=O)CC(NS(=O)(=O)c2cc(N)c(F)cc2F)C1=O. The van der Waals surface area contributed by atoms with Crippen molar-refractivity contribution in [1.29, 1.82) is 0 Å². The number of anilines is 1. The number of hydrogen-bond donors (Lipinski definition) is 2. The molecule has 1 saturated heterocycles. The van der Waals surface area contributed by atoms with Crippen LogP contribution in [0.3, 0.4) is 0 Å². The molecular formula is C11H11F2N3O4S. The van der Waals surface area contributed by atoms with Crippen molar-refractivity contribution >= 4 is 27.5 Å².